The first-order valence-electron chi connectivity index (χ1n) is 6.34. The average Bonchev–Trinajstić information content (AvgIpc) is 2.84. The molecule has 0 aliphatic carbocycles. The predicted molar refractivity (Wildman–Crippen MR) is 73.9 cm³/mol. The summed E-state index contributed by atoms with van der Waals surface area (Å²) in [5, 5.41) is 7.58. The number of anilines is 1. The summed E-state index contributed by atoms with van der Waals surface area (Å²) in [6.07, 6.45) is -4.50. The lowest BCUT2D eigenvalue weighted by atomic mass is 10.0. The number of benzene rings is 1. The quantitative estimate of drug-likeness (QED) is 0.744. The third-order valence-electron chi connectivity index (χ3n) is 3.23. The molecule has 0 aliphatic heterocycles. The van der Waals surface area contributed by atoms with E-state index in [0.29, 0.717) is 16.5 Å². The Hall–Kier alpha value is -2.64. The zero-order valence-electron chi connectivity index (χ0n) is 11.7. The Morgan fingerprint density at radius 2 is 1.82 bits per heavy atom. The number of hydrogen-bond acceptors (Lipinski definition) is 5. The molecule has 0 radical (unpaired) electrons. The van der Waals surface area contributed by atoms with Crippen molar-refractivity contribution in [1.29, 1.82) is 0 Å². The second-order valence-electron chi connectivity index (χ2n) is 4.98. The van der Waals surface area contributed by atoms with E-state index in [1.807, 2.05) is 0 Å². The van der Waals surface area contributed by atoms with Crippen molar-refractivity contribution >= 4 is 16.9 Å². The van der Waals surface area contributed by atoms with Crippen molar-refractivity contribution in [1.82, 2.24) is 15.2 Å². The van der Waals surface area contributed by atoms with E-state index in [1.165, 1.54) is 0 Å². The summed E-state index contributed by atoms with van der Waals surface area (Å²) in [7, 11) is 0. The number of hydrogen-bond donors (Lipinski definition) is 1. The monoisotopic (exact) mass is 308 g/mol. The Morgan fingerprint density at radius 3 is 2.41 bits per heavy atom. The number of halogens is 3. The molecule has 0 bridgehead atoms. The summed E-state index contributed by atoms with van der Waals surface area (Å²) in [5.41, 5.74) is 5.70. The number of rotatable bonds is 1. The number of nitrogens with zero attached hydrogens (tertiary/aromatic N) is 3. The normalized spacial score (nSPS) is 12.0. The van der Waals surface area contributed by atoms with Crippen molar-refractivity contribution in [3.05, 3.63) is 34.9 Å². The van der Waals surface area contributed by atoms with Crippen molar-refractivity contribution in [2.75, 3.05) is 5.73 Å². The van der Waals surface area contributed by atoms with E-state index in [-0.39, 0.29) is 23.1 Å². The van der Waals surface area contributed by atoms with Gasteiger partial charge in [-0.25, -0.2) is 4.98 Å². The highest BCUT2D eigenvalue weighted by atomic mass is 19.4. The number of nitrogens with two attached hydrogens (primary N) is 1. The molecule has 5 nitrogen and oxygen atoms in total. The van der Waals surface area contributed by atoms with Gasteiger partial charge in [-0.15, -0.1) is 5.10 Å². The second-order valence-corrected chi connectivity index (χ2v) is 4.98. The van der Waals surface area contributed by atoms with Gasteiger partial charge in [0.1, 0.15) is 5.69 Å². The molecule has 2 aromatic heterocycles. The van der Waals surface area contributed by atoms with Crippen molar-refractivity contribution in [2.45, 2.75) is 20.0 Å². The van der Waals surface area contributed by atoms with Crippen LogP contribution in [0.2, 0.25) is 0 Å². The molecule has 0 fully saturated rings. The molecule has 1 aromatic carbocycles. The Bertz CT molecular complexity index is 870. The highest BCUT2D eigenvalue weighted by molar-refractivity contribution is 5.88. The lowest BCUT2D eigenvalue weighted by Gasteiger charge is -2.13. The smallest absolute Gasteiger partial charge is 0.402 e. The zero-order chi connectivity index (χ0) is 16.1. The van der Waals surface area contributed by atoms with Crippen LogP contribution in [-0.4, -0.2) is 15.2 Å². The number of aryl methyl sites for hydroxylation is 2. The molecule has 0 saturated carbocycles. The molecular formula is C14H11F3N4O. The topological polar surface area (TPSA) is 77.8 Å². The van der Waals surface area contributed by atoms with Gasteiger partial charge in [0.25, 0.3) is 5.89 Å². The first kappa shape index (κ1) is 14.3. The molecule has 3 aromatic rings. The fourth-order valence-corrected chi connectivity index (χ4v) is 2.30. The van der Waals surface area contributed by atoms with Gasteiger partial charge in [0.05, 0.1) is 11.1 Å². The molecule has 8 heteroatoms. The highest BCUT2D eigenvalue weighted by Gasteiger charge is 2.34. The molecule has 0 saturated heterocycles. The number of aromatic nitrogens is 3. The first-order valence-corrected chi connectivity index (χ1v) is 6.34. The van der Waals surface area contributed by atoms with Crippen LogP contribution in [0, 0.1) is 13.8 Å². The third-order valence-corrected chi connectivity index (χ3v) is 3.23. The number of pyridine rings is 1. The largest absolute Gasteiger partial charge is 0.418 e. The Morgan fingerprint density at radius 1 is 1.09 bits per heavy atom. The van der Waals surface area contributed by atoms with Gasteiger partial charge < -0.3 is 10.2 Å². The van der Waals surface area contributed by atoms with Gasteiger partial charge >= 0.3 is 12.2 Å². The summed E-state index contributed by atoms with van der Waals surface area (Å²) in [6, 6.07) is 4.16. The van der Waals surface area contributed by atoms with Gasteiger partial charge in [0.2, 0.25) is 0 Å². The van der Waals surface area contributed by atoms with Crippen LogP contribution in [0.3, 0.4) is 0 Å². The lowest BCUT2D eigenvalue weighted by molar-refractivity contribution is -0.136. The van der Waals surface area contributed by atoms with Crippen LogP contribution in [0.15, 0.2) is 22.6 Å². The van der Waals surface area contributed by atoms with Gasteiger partial charge in [-0.05, 0) is 43.2 Å². The second kappa shape index (κ2) is 4.69. The fraction of sp³-hybridized carbons (Fsp3) is 0.214. The summed E-state index contributed by atoms with van der Waals surface area (Å²) >= 11 is 0. The highest BCUT2D eigenvalue weighted by Crippen LogP contribution is 2.36. The molecule has 2 heterocycles. The van der Waals surface area contributed by atoms with Gasteiger partial charge in [-0.1, -0.05) is 5.10 Å². The van der Waals surface area contributed by atoms with Crippen molar-refractivity contribution < 1.29 is 17.6 Å². The minimum absolute atomic E-state index is 0.0174. The van der Waals surface area contributed by atoms with E-state index in [1.54, 1.807) is 26.0 Å². The van der Waals surface area contributed by atoms with Crippen LogP contribution in [0.4, 0.5) is 19.2 Å². The molecule has 3 rings (SSSR count). The lowest BCUT2D eigenvalue weighted by Crippen LogP contribution is -2.08. The summed E-state index contributed by atoms with van der Waals surface area (Å²) in [4.78, 5) is 4.06. The molecule has 114 valence electrons. The zero-order valence-corrected chi connectivity index (χ0v) is 11.7. The van der Waals surface area contributed by atoms with Crippen molar-refractivity contribution in [2.24, 2.45) is 0 Å². The van der Waals surface area contributed by atoms with Gasteiger partial charge in [0, 0.05) is 5.39 Å². The summed E-state index contributed by atoms with van der Waals surface area (Å²) in [5.74, 6) is -0.0174. The number of fused-ring (bicyclic) bond motifs is 1. The van der Waals surface area contributed by atoms with E-state index in [2.05, 4.69) is 15.2 Å². The van der Waals surface area contributed by atoms with E-state index in [9.17, 15) is 13.2 Å². The summed E-state index contributed by atoms with van der Waals surface area (Å²) < 4.78 is 44.8. The molecule has 2 N–H and O–H groups in total. The van der Waals surface area contributed by atoms with Crippen LogP contribution in [0.5, 0.6) is 0 Å². The predicted octanol–water partition coefficient (Wildman–Crippen LogP) is 3.50. The maximum Gasteiger partial charge on any atom is 0.418 e. The van der Waals surface area contributed by atoms with Crippen LogP contribution in [0.1, 0.15) is 16.7 Å². The van der Waals surface area contributed by atoms with Crippen molar-refractivity contribution in [3.8, 4) is 11.6 Å². The third kappa shape index (κ3) is 2.36. The molecular weight excluding hydrogens is 297 g/mol. The Labute approximate surface area is 123 Å². The molecule has 0 unspecified atom stereocenters. The SMILES string of the molecule is Cc1cc(C(F)(F)F)c2nc(-c3nnc(N)o3)cc(C)c2c1. The maximum atomic E-state index is 13.3. The van der Waals surface area contributed by atoms with Crippen molar-refractivity contribution in [3.63, 3.8) is 0 Å². The van der Waals surface area contributed by atoms with E-state index in [0.717, 1.165) is 6.07 Å². The van der Waals surface area contributed by atoms with Gasteiger partial charge in [-0.3, -0.25) is 0 Å². The average molecular weight is 308 g/mol. The molecule has 0 atom stereocenters. The van der Waals surface area contributed by atoms with Crippen LogP contribution < -0.4 is 5.73 Å². The number of alkyl halides is 3. The molecule has 22 heavy (non-hydrogen) atoms. The first-order chi connectivity index (χ1) is 10.3. The van der Waals surface area contributed by atoms with Gasteiger partial charge in [0.15, 0.2) is 0 Å². The van der Waals surface area contributed by atoms with E-state index >= 15 is 0 Å². The standard InChI is InChI=1S/C14H11F3N4O/c1-6-3-8-7(2)5-10(12-20-21-13(18)22-12)19-11(8)9(4-6)14(15,16)17/h3-5H,1-2H3,(H2,18,21). The fourth-order valence-electron chi connectivity index (χ4n) is 2.30. The molecule has 0 spiro atoms. The van der Waals surface area contributed by atoms with Crippen LogP contribution in [-0.2, 0) is 6.18 Å². The van der Waals surface area contributed by atoms with Crippen LogP contribution in [0.25, 0.3) is 22.5 Å². The molecule has 0 amide bonds. The molecule has 0 aliphatic rings. The minimum Gasteiger partial charge on any atom is -0.402 e. The van der Waals surface area contributed by atoms with E-state index in [4.69, 9.17) is 10.2 Å². The minimum atomic E-state index is -4.50. The summed E-state index contributed by atoms with van der Waals surface area (Å²) in [6.45, 7) is 3.31. The number of nitrogen functional groups attached to an aromatic ring is 1. The van der Waals surface area contributed by atoms with Crippen LogP contribution >= 0.6 is 0 Å². The maximum absolute atomic E-state index is 13.3. The Balaban J connectivity index is 2.35. The van der Waals surface area contributed by atoms with Gasteiger partial charge in [-0.2, -0.15) is 13.2 Å². The Kier molecular flexibility index (Phi) is 3.05. The van der Waals surface area contributed by atoms with E-state index < -0.39 is 11.7 Å².